The van der Waals surface area contributed by atoms with Gasteiger partial charge in [-0.15, -0.1) is 11.3 Å². The monoisotopic (exact) mass is 372 g/mol. The molecule has 136 valence electrons. The van der Waals surface area contributed by atoms with Crippen LogP contribution in [0, 0.1) is 0 Å². The predicted octanol–water partition coefficient (Wildman–Crippen LogP) is 3.37. The van der Waals surface area contributed by atoms with Gasteiger partial charge in [0.2, 0.25) is 0 Å². The van der Waals surface area contributed by atoms with E-state index in [2.05, 4.69) is 15.7 Å². The molecule has 0 aliphatic carbocycles. The fourth-order valence-electron chi connectivity index (χ4n) is 2.61. The molecule has 0 bridgehead atoms. The van der Waals surface area contributed by atoms with E-state index in [9.17, 15) is 4.79 Å². The van der Waals surface area contributed by atoms with Crippen LogP contribution in [0.1, 0.15) is 10.9 Å². The van der Waals surface area contributed by atoms with Crippen molar-refractivity contribution >= 4 is 23.1 Å². The number of hydrogen-bond acceptors (Lipinski definition) is 5. The molecule has 8 heteroatoms. The van der Waals surface area contributed by atoms with Crippen LogP contribution in [0.15, 0.2) is 54.2 Å². The summed E-state index contributed by atoms with van der Waals surface area (Å²) in [6, 6.07) is 10.8. The normalized spacial score (nSPS) is 11.6. The Balaban J connectivity index is 1.68. The number of urea groups is 1. The van der Waals surface area contributed by atoms with E-state index in [1.54, 1.807) is 42.8 Å². The molecule has 2 N–H and O–H groups in total. The quantitative estimate of drug-likeness (QED) is 0.667. The van der Waals surface area contributed by atoms with Crippen molar-refractivity contribution in [3.8, 4) is 11.5 Å². The molecule has 2 heterocycles. The number of amides is 2. The first kappa shape index (κ1) is 17.8. The molecule has 0 fully saturated rings. The van der Waals surface area contributed by atoms with Crippen LogP contribution >= 0.6 is 11.3 Å². The number of benzene rings is 1. The third-order valence-electron chi connectivity index (χ3n) is 3.82. The van der Waals surface area contributed by atoms with Gasteiger partial charge in [-0.2, -0.15) is 5.10 Å². The van der Waals surface area contributed by atoms with Gasteiger partial charge in [0.05, 0.1) is 19.9 Å². The number of anilines is 1. The van der Waals surface area contributed by atoms with Gasteiger partial charge in [0, 0.05) is 23.8 Å². The van der Waals surface area contributed by atoms with Gasteiger partial charge in [-0.25, -0.2) is 4.79 Å². The highest BCUT2D eigenvalue weighted by Gasteiger charge is 2.17. The summed E-state index contributed by atoms with van der Waals surface area (Å²) in [6.45, 7) is 0.403. The molecule has 2 amide bonds. The van der Waals surface area contributed by atoms with E-state index in [1.165, 1.54) is 7.11 Å². The Morgan fingerprint density at radius 2 is 2.12 bits per heavy atom. The molecule has 26 heavy (non-hydrogen) atoms. The standard InChI is InChI=1S/C18H20N4O3S/c1-24-15-7-3-6-13(17(15)25-2)21-18(23)19-12-14(16-8-4-11-26-16)22-10-5-9-20-22/h3-11,14H,12H2,1-2H3,(H2,19,21,23). The molecule has 3 rings (SSSR count). The second-order valence-electron chi connectivity index (χ2n) is 5.39. The number of aromatic nitrogens is 2. The number of ether oxygens (including phenoxy) is 2. The van der Waals surface area contributed by atoms with Crippen molar-refractivity contribution in [2.24, 2.45) is 0 Å². The van der Waals surface area contributed by atoms with E-state index in [-0.39, 0.29) is 12.1 Å². The van der Waals surface area contributed by atoms with Gasteiger partial charge >= 0.3 is 6.03 Å². The minimum absolute atomic E-state index is 0.0667. The van der Waals surface area contributed by atoms with E-state index in [1.807, 2.05) is 34.5 Å². The first-order valence-corrected chi connectivity index (χ1v) is 8.89. The molecular weight excluding hydrogens is 352 g/mol. The first-order chi connectivity index (χ1) is 12.7. The summed E-state index contributed by atoms with van der Waals surface area (Å²) in [5.41, 5.74) is 0.538. The molecule has 7 nitrogen and oxygen atoms in total. The minimum Gasteiger partial charge on any atom is -0.493 e. The number of nitrogens with one attached hydrogen (secondary N) is 2. The van der Waals surface area contributed by atoms with Crippen molar-refractivity contribution in [1.82, 2.24) is 15.1 Å². The highest BCUT2D eigenvalue weighted by Crippen LogP contribution is 2.34. The number of rotatable bonds is 7. The van der Waals surface area contributed by atoms with Crippen LogP contribution in [-0.2, 0) is 0 Å². The molecule has 0 radical (unpaired) electrons. The average Bonchev–Trinajstić information content (AvgIpc) is 3.36. The highest BCUT2D eigenvalue weighted by atomic mass is 32.1. The van der Waals surface area contributed by atoms with Crippen LogP contribution in [-0.4, -0.2) is 36.6 Å². The Hall–Kier alpha value is -3.00. The fourth-order valence-corrected chi connectivity index (χ4v) is 3.43. The van der Waals surface area contributed by atoms with Gasteiger partial charge in [-0.05, 0) is 29.6 Å². The van der Waals surface area contributed by atoms with Gasteiger partial charge in [-0.3, -0.25) is 4.68 Å². The molecule has 0 aliphatic heterocycles. The van der Waals surface area contributed by atoms with Crippen molar-refractivity contribution in [3.05, 3.63) is 59.0 Å². The van der Waals surface area contributed by atoms with Crippen molar-refractivity contribution < 1.29 is 14.3 Å². The van der Waals surface area contributed by atoms with Crippen molar-refractivity contribution in [3.63, 3.8) is 0 Å². The van der Waals surface area contributed by atoms with Crippen LogP contribution in [0.2, 0.25) is 0 Å². The Morgan fingerprint density at radius 1 is 1.23 bits per heavy atom. The van der Waals surface area contributed by atoms with Crippen molar-refractivity contribution in [1.29, 1.82) is 0 Å². The summed E-state index contributed by atoms with van der Waals surface area (Å²) in [4.78, 5) is 13.5. The Kier molecular flexibility index (Phi) is 5.75. The molecule has 1 aromatic carbocycles. The Labute approximate surface area is 155 Å². The molecule has 0 saturated carbocycles. The summed E-state index contributed by atoms with van der Waals surface area (Å²) in [5, 5.41) is 12.0. The lowest BCUT2D eigenvalue weighted by atomic mass is 10.2. The topological polar surface area (TPSA) is 77.4 Å². The van der Waals surface area contributed by atoms with Crippen LogP contribution < -0.4 is 20.1 Å². The Morgan fingerprint density at radius 3 is 2.77 bits per heavy atom. The Bertz CT molecular complexity index is 800. The summed E-state index contributed by atoms with van der Waals surface area (Å²) < 4.78 is 12.4. The van der Waals surface area contributed by atoms with Crippen molar-refractivity contribution in [2.45, 2.75) is 6.04 Å². The number of carbonyl (C=O) groups is 1. The predicted molar refractivity (Wildman–Crippen MR) is 101 cm³/mol. The van der Waals surface area contributed by atoms with Gasteiger partial charge in [0.25, 0.3) is 0 Å². The highest BCUT2D eigenvalue weighted by molar-refractivity contribution is 7.10. The number of methoxy groups -OCH3 is 2. The molecule has 0 saturated heterocycles. The summed E-state index contributed by atoms with van der Waals surface area (Å²) in [5.74, 6) is 1.03. The maximum Gasteiger partial charge on any atom is 0.319 e. The number of para-hydroxylation sites is 1. The number of nitrogens with zero attached hydrogens (tertiary/aromatic N) is 2. The third-order valence-corrected chi connectivity index (χ3v) is 4.80. The molecule has 1 unspecified atom stereocenters. The lowest BCUT2D eigenvalue weighted by Gasteiger charge is -2.18. The SMILES string of the molecule is COc1cccc(NC(=O)NCC(c2cccs2)n2cccn2)c1OC. The number of carbonyl (C=O) groups excluding carboxylic acids is 1. The molecule has 1 atom stereocenters. The maximum atomic E-state index is 12.4. The summed E-state index contributed by atoms with van der Waals surface area (Å²) in [7, 11) is 3.09. The van der Waals surface area contributed by atoms with Crippen LogP contribution in [0.3, 0.4) is 0 Å². The molecular formula is C18H20N4O3S. The average molecular weight is 372 g/mol. The lowest BCUT2D eigenvalue weighted by molar-refractivity contribution is 0.250. The van der Waals surface area contributed by atoms with E-state index in [4.69, 9.17) is 9.47 Å². The summed E-state index contributed by atoms with van der Waals surface area (Å²) >= 11 is 1.63. The van der Waals surface area contributed by atoms with E-state index in [0.29, 0.717) is 23.7 Å². The van der Waals surface area contributed by atoms with Gasteiger partial charge in [-0.1, -0.05) is 12.1 Å². The largest absolute Gasteiger partial charge is 0.493 e. The van der Waals surface area contributed by atoms with Crippen molar-refractivity contribution in [2.75, 3.05) is 26.1 Å². The second kappa shape index (κ2) is 8.39. The van der Waals surface area contributed by atoms with Gasteiger partial charge < -0.3 is 20.1 Å². The molecule has 2 aromatic heterocycles. The first-order valence-electron chi connectivity index (χ1n) is 8.01. The zero-order valence-corrected chi connectivity index (χ0v) is 15.3. The summed E-state index contributed by atoms with van der Waals surface area (Å²) in [6.07, 6.45) is 3.61. The van der Waals surface area contributed by atoms with E-state index >= 15 is 0 Å². The van der Waals surface area contributed by atoms with Gasteiger partial charge in [0.1, 0.15) is 6.04 Å². The molecule has 0 spiro atoms. The third kappa shape index (κ3) is 3.97. The van der Waals surface area contributed by atoms with Gasteiger partial charge in [0.15, 0.2) is 11.5 Å². The van der Waals surface area contributed by atoms with Crippen LogP contribution in [0.25, 0.3) is 0 Å². The minimum atomic E-state index is -0.328. The fraction of sp³-hybridized carbons (Fsp3) is 0.222. The number of thiophene rings is 1. The zero-order valence-electron chi connectivity index (χ0n) is 14.5. The maximum absolute atomic E-state index is 12.4. The zero-order chi connectivity index (χ0) is 18.4. The number of hydrogen-bond donors (Lipinski definition) is 2. The van der Waals surface area contributed by atoms with Crippen LogP contribution in [0.4, 0.5) is 10.5 Å². The van der Waals surface area contributed by atoms with Crippen LogP contribution in [0.5, 0.6) is 11.5 Å². The van der Waals surface area contributed by atoms with E-state index in [0.717, 1.165) is 4.88 Å². The smallest absolute Gasteiger partial charge is 0.319 e. The lowest BCUT2D eigenvalue weighted by Crippen LogP contribution is -2.34. The second-order valence-corrected chi connectivity index (χ2v) is 6.37. The molecule has 3 aromatic rings. The molecule has 0 aliphatic rings. The van der Waals surface area contributed by atoms with E-state index < -0.39 is 0 Å².